The van der Waals surface area contributed by atoms with E-state index in [0.29, 0.717) is 146 Å². The van der Waals surface area contributed by atoms with Gasteiger partial charge in [0.15, 0.2) is 0 Å². The maximum Gasteiger partial charge on any atom is 0.416 e. The van der Waals surface area contributed by atoms with Crippen LogP contribution in [0.25, 0.3) is 0 Å². The fourth-order valence-electron chi connectivity index (χ4n) is 20.2. The summed E-state index contributed by atoms with van der Waals surface area (Å²) in [7, 11) is 0. The molecule has 1 atom stereocenters. The fourth-order valence-corrected chi connectivity index (χ4v) is 22.4. The van der Waals surface area contributed by atoms with Crippen LogP contribution in [0.1, 0.15) is 261 Å². The quantitative estimate of drug-likeness (QED) is 0.0661. The van der Waals surface area contributed by atoms with E-state index in [9.17, 15) is 79.0 Å². The normalized spacial score (nSPS) is 19.0. The van der Waals surface area contributed by atoms with Gasteiger partial charge in [-0.3, -0.25) is 34.3 Å². The largest absolute Gasteiger partial charge is 0.416 e. The van der Waals surface area contributed by atoms with Crippen molar-refractivity contribution in [3.8, 4) is 0 Å². The van der Waals surface area contributed by atoms with E-state index in [4.69, 9.17) is 104 Å². The number of hydrogen-bond donors (Lipinski definition) is 0. The molecule has 0 radical (unpaired) electrons. The molecule has 0 saturated carbocycles. The maximum atomic E-state index is 14.5. The molecule has 7 fully saturated rings. The Labute approximate surface area is 916 Å². The molecule has 0 unspecified atom stereocenters. The van der Waals surface area contributed by atoms with Crippen LogP contribution in [0.5, 0.6) is 0 Å². The highest BCUT2D eigenvalue weighted by molar-refractivity contribution is 6.36. The van der Waals surface area contributed by atoms with Gasteiger partial charge >= 0.3 is 24.7 Å². The highest BCUT2D eigenvalue weighted by Crippen LogP contribution is 2.51. The summed E-state index contributed by atoms with van der Waals surface area (Å²) in [5.74, 6) is 2.21. The van der Waals surface area contributed by atoms with Crippen LogP contribution in [0.15, 0.2) is 146 Å². The van der Waals surface area contributed by atoms with Crippen molar-refractivity contribution in [1.82, 2.24) is 34.3 Å². The van der Waals surface area contributed by atoms with Gasteiger partial charge in [-0.1, -0.05) is 258 Å². The SMILES string of the molecule is CC(C)(C)C1(C)CN([C@H](c2ccccc2)c2cc(Cl)cc(Cl)c2)C1.CC(C)C1(F)CCN(Cc2cc(C(F)(F)F)cc(Cl)c2F)CC1.CC(C)C1(F)CCN(Cc2cc(Cl)cc(C(F)(F)F)c2)CC1.CC(C)C1(F)CCN(Cc2ccc(F)c(Cl)c2)CC1.CC(C)C1CCN(Cc2c(Cl)cccc2Cl)CC1.CC(C)C1CCN(Cc2cc(C(F)(F)F)cc(Cl)c2F)CC1.CC(C)C1CCN(Cc2cc(C(F)(F)F)ccc2Cl)CC1. The molecule has 0 aromatic heterocycles. The lowest BCUT2D eigenvalue weighted by atomic mass is 9.62. The Morgan fingerprint density at radius 3 is 1.01 bits per heavy atom. The predicted octanol–water partition coefficient (Wildman–Crippen LogP) is 37.1. The topological polar surface area (TPSA) is 22.7 Å². The Balaban J connectivity index is 0.000000193. The zero-order chi connectivity index (χ0) is 111. The van der Waals surface area contributed by atoms with E-state index in [1.807, 2.05) is 81.7 Å². The van der Waals surface area contributed by atoms with Gasteiger partial charge in [0.2, 0.25) is 0 Å². The summed E-state index contributed by atoms with van der Waals surface area (Å²) < 4.78 is 238. The van der Waals surface area contributed by atoms with Crippen LogP contribution in [0.2, 0.25) is 45.2 Å². The second-order valence-electron chi connectivity index (χ2n) is 44.7. The third kappa shape index (κ3) is 37.8. The first-order valence-corrected chi connectivity index (χ1v) is 55.0. The van der Waals surface area contributed by atoms with Gasteiger partial charge in [-0.05, 0) is 311 Å². The van der Waals surface area contributed by atoms with Crippen molar-refractivity contribution in [2.45, 2.75) is 275 Å². The van der Waals surface area contributed by atoms with Gasteiger partial charge in [0.25, 0.3) is 0 Å². The summed E-state index contributed by atoms with van der Waals surface area (Å²) >= 11 is 53.8. The van der Waals surface area contributed by atoms with Crippen molar-refractivity contribution in [3.63, 3.8) is 0 Å². The molecule has 7 aliphatic heterocycles. The van der Waals surface area contributed by atoms with E-state index in [-0.39, 0.29) is 63.5 Å². The van der Waals surface area contributed by atoms with Crippen LogP contribution in [0, 0.1) is 81.5 Å². The van der Waals surface area contributed by atoms with E-state index in [2.05, 4.69) is 119 Å². The van der Waals surface area contributed by atoms with E-state index < -0.39 is 91.5 Å². The molecule has 0 aliphatic carbocycles. The van der Waals surface area contributed by atoms with Gasteiger partial charge in [-0.2, -0.15) is 52.7 Å². The molecule has 149 heavy (non-hydrogen) atoms. The van der Waals surface area contributed by atoms with Gasteiger partial charge in [0.1, 0.15) is 34.5 Å². The molecule has 0 amide bonds. The lowest BCUT2D eigenvalue weighted by Gasteiger charge is -2.58. The van der Waals surface area contributed by atoms with Crippen molar-refractivity contribution in [2.24, 2.45) is 64.1 Å². The molecule has 8 aromatic carbocycles. The molecule has 7 nitrogen and oxygen atoms in total. The van der Waals surface area contributed by atoms with Crippen LogP contribution in [-0.4, -0.2) is 143 Å². The van der Waals surface area contributed by atoms with Gasteiger partial charge in [-0.15, -0.1) is 0 Å². The van der Waals surface area contributed by atoms with Crippen molar-refractivity contribution in [2.75, 3.05) is 91.6 Å². The summed E-state index contributed by atoms with van der Waals surface area (Å²) in [5.41, 5.74) is -0.614. The van der Waals surface area contributed by atoms with E-state index in [0.717, 1.165) is 172 Å². The van der Waals surface area contributed by atoms with Gasteiger partial charge in [-0.25, -0.2) is 26.3 Å². The number of hydrogen-bond acceptors (Lipinski definition) is 7. The molecule has 34 heteroatoms. The smallest absolute Gasteiger partial charge is 0.299 e. The number of alkyl halides is 15. The minimum atomic E-state index is -4.58. The average molecular weight is 2290 g/mol. The lowest BCUT2D eigenvalue weighted by molar-refractivity contribution is -0.138. The van der Waals surface area contributed by atoms with Gasteiger partial charge in [0.05, 0.1) is 43.4 Å². The van der Waals surface area contributed by atoms with Crippen molar-refractivity contribution in [1.29, 1.82) is 0 Å². The Morgan fingerprint density at radius 2 is 0.651 bits per heavy atom. The second-order valence-corrected chi connectivity index (χ2v) is 48.4. The van der Waals surface area contributed by atoms with Gasteiger partial charge < -0.3 is 0 Å². The zero-order valence-corrected chi connectivity index (χ0v) is 94.9. The average Bonchev–Trinajstić information content (AvgIpc) is 0.738. The summed E-state index contributed by atoms with van der Waals surface area (Å²) in [6, 6.07) is 37.2. The zero-order valence-electron chi connectivity index (χ0n) is 88.1. The van der Waals surface area contributed by atoms with Crippen molar-refractivity contribution >= 4 is 104 Å². The minimum absolute atomic E-state index is 0.0103. The van der Waals surface area contributed by atoms with E-state index >= 15 is 0 Å². The highest BCUT2D eigenvalue weighted by Gasteiger charge is 2.51. The lowest BCUT2D eigenvalue weighted by Crippen LogP contribution is -2.61. The van der Waals surface area contributed by atoms with E-state index in [1.54, 1.807) is 23.1 Å². The third-order valence-corrected chi connectivity index (χ3v) is 34.0. The van der Waals surface area contributed by atoms with Crippen LogP contribution in [-0.2, 0) is 64.0 Å². The molecule has 7 saturated heterocycles. The monoisotopic (exact) mass is 2280 g/mol. The van der Waals surface area contributed by atoms with Crippen LogP contribution in [0.4, 0.5) is 79.0 Å². The standard InChI is InChI=1S/C21H25Cl2N.C16H19ClF5N.2C16H20ClF4N.C16H21ClF3N.C15H21Cl2N.C15H20ClF2N/c1-20(2,3)21(4)13-24(14-21)19(15-8-6-5-7-9-15)16-10-17(22)12-18(23)11-16;1-10(2)15(19)3-5-23(6-4-15)9-11-7-12(16(20,21)22)8-13(17)14(11)18;1-11(2)15(18)3-5-22(6-4-15)10-12-7-13(16(19,20)21)9-14(17)8-12;1-10(2)11-3-5-22(6-4-11)9-12-7-13(16(19,20)21)8-14(17)15(12)18;1-11(2)12-5-7-21(8-6-12)10-13-9-14(16(18,19)20)3-4-15(13)17;1-11(2)12-6-8-18(9-7-12)10-13-14(16)4-3-5-15(13)17;1-11(2)15(18)5-7-19(8-6-15)10-12-3-4-14(17)13(16)9-12/h5-12,19H,13-14H2,1-4H3;7-8,10H,3-6,9H2,1-2H3;7-9,11H,3-6,10H2,1-2H3;7-8,10-11H,3-6,9H2,1-2H3;3-4,9,11-12H,5-8,10H2,1-2H3;3-5,11-12H,6-10H2,1-2H3;3-4,9,11H,5-8,10H2,1-2H3/t19-;;;;;;/m1....../s1. The van der Waals surface area contributed by atoms with Crippen molar-refractivity contribution < 1.29 is 79.0 Å². The molecule has 0 bridgehead atoms. The summed E-state index contributed by atoms with van der Waals surface area (Å²) in [4.78, 5) is 15.1. The Bertz CT molecular complexity index is 5470. The van der Waals surface area contributed by atoms with E-state index in [1.165, 1.54) is 42.7 Å². The minimum Gasteiger partial charge on any atom is -0.299 e. The highest BCUT2D eigenvalue weighted by atomic mass is 35.5. The fraction of sp³-hybridized carbons (Fsp3) is 0.583. The number of halogens is 27. The summed E-state index contributed by atoms with van der Waals surface area (Å²) in [5, 5.41) is 2.57. The number of likely N-dealkylation sites (tertiary alicyclic amines) is 7. The maximum absolute atomic E-state index is 14.5. The molecule has 7 aliphatic rings. The number of piperidine rings is 6. The predicted molar refractivity (Wildman–Crippen MR) is 576 cm³/mol. The first-order chi connectivity index (χ1) is 69.3. The van der Waals surface area contributed by atoms with Crippen molar-refractivity contribution in [3.05, 3.63) is 275 Å². The first-order valence-electron chi connectivity index (χ1n) is 51.6. The Morgan fingerprint density at radius 1 is 0.309 bits per heavy atom. The third-order valence-electron chi connectivity index (χ3n) is 31.4. The number of nitrogens with zero attached hydrogens (tertiary/aromatic N) is 7. The van der Waals surface area contributed by atoms with Crippen LogP contribution in [0.3, 0.4) is 0 Å². The number of benzene rings is 8. The molecule has 8 aromatic rings. The van der Waals surface area contributed by atoms with Crippen LogP contribution < -0.4 is 0 Å². The van der Waals surface area contributed by atoms with Crippen LogP contribution >= 0.6 is 104 Å². The number of rotatable bonds is 21. The summed E-state index contributed by atoms with van der Waals surface area (Å²) in [6.07, 6.45) is -8.50. The molecular weight excluding hydrogens is 2140 g/mol. The second kappa shape index (κ2) is 55.4. The molecule has 0 N–H and O–H groups in total. The van der Waals surface area contributed by atoms with Gasteiger partial charge in [0, 0.05) is 138 Å². The first kappa shape index (κ1) is 127. The molecule has 830 valence electrons. The Kier molecular flexibility index (Phi) is 47.3. The molecular formula is C115H146Cl9F18N7. The Hall–Kier alpha value is -5.17. The summed E-state index contributed by atoms with van der Waals surface area (Å²) in [6.45, 7) is 47.8. The molecule has 0 spiro atoms. The molecule has 7 heterocycles. The molecule has 15 rings (SSSR count).